The van der Waals surface area contributed by atoms with Crippen LogP contribution in [-0.4, -0.2) is 49.0 Å². The molecule has 0 aromatic carbocycles. The Hall–Kier alpha value is 0.170. The Morgan fingerprint density at radius 2 is 1.52 bits per heavy atom. The Balaban J connectivity index is 0.00000156. The number of aliphatic hydroxyl groups is 1. The number of ether oxygens (including phenoxy) is 1. The number of β-amino-alcohol motifs (C(OH)–C–C–N with tert-alkyl or cyclic N) is 1. The van der Waals surface area contributed by atoms with Crippen LogP contribution >= 0.6 is 12.4 Å². The first kappa shape index (κ1) is 18.0. The third-order valence-corrected chi connectivity index (χ3v) is 6.80. The molecule has 23 heavy (non-hydrogen) atoms. The highest BCUT2D eigenvalue weighted by molar-refractivity contribution is 5.85. The van der Waals surface area contributed by atoms with Crippen LogP contribution in [0.3, 0.4) is 0 Å². The lowest BCUT2D eigenvalue weighted by molar-refractivity contribution is -0.107. The van der Waals surface area contributed by atoms with Crippen LogP contribution in [0.25, 0.3) is 0 Å². The summed E-state index contributed by atoms with van der Waals surface area (Å²) >= 11 is 0. The maximum absolute atomic E-state index is 10.2. The van der Waals surface area contributed by atoms with Crippen molar-refractivity contribution in [1.82, 2.24) is 4.90 Å². The van der Waals surface area contributed by atoms with Gasteiger partial charge in [0.1, 0.15) is 0 Å². The molecule has 0 aromatic heterocycles. The van der Waals surface area contributed by atoms with E-state index in [1.54, 1.807) is 0 Å². The highest BCUT2D eigenvalue weighted by atomic mass is 35.5. The molecule has 3 nitrogen and oxygen atoms in total. The van der Waals surface area contributed by atoms with Gasteiger partial charge in [0.05, 0.1) is 19.3 Å². The average molecular weight is 344 g/mol. The normalized spacial score (nSPS) is 40.8. The van der Waals surface area contributed by atoms with E-state index < -0.39 is 0 Å². The minimum absolute atomic E-state index is 0. The van der Waals surface area contributed by atoms with Crippen LogP contribution in [-0.2, 0) is 4.74 Å². The van der Waals surface area contributed by atoms with Gasteiger partial charge in [0.2, 0.25) is 0 Å². The topological polar surface area (TPSA) is 32.7 Å². The van der Waals surface area contributed by atoms with E-state index >= 15 is 0 Å². The van der Waals surface area contributed by atoms with Crippen molar-refractivity contribution in [2.24, 2.45) is 23.2 Å². The summed E-state index contributed by atoms with van der Waals surface area (Å²) in [5.41, 5.74) is 0.486. The standard InChI is InChI=1S/C19H33NO2.ClH/c21-18(12-20-4-2-1-3-5-20)13-22-14-19-9-15-6-16(10-19)8-17(7-15)11-19;/h15-18,21H,1-14H2;1H. The van der Waals surface area contributed by atoms with Gasteiger partial charge in [-0.1, -0.05) is 6.42 Å². The summed E-state index contributed by atoms with van der Waals surface area (Å²) in [7, 11) is 0. The van der Waals surface area contributed by atoms with E-state index in [1.165, 1.54) is 57.8 Å². The maximum atomic E-state index is 10.2. The van der Waals surface area contributed by atoms with E-state index in [4.69, 9.17) is 4.74 Å². The number of hydrogen-bond donors (Lipinski definition) is 1. The summed E-state index contributed by atoms with van der Waals surface area (Å²) in [6, 6.07) is 0. The summed E-state index contributed by atoms with van der Waals surface area (Å²) in [5, 5.41) is 10.2. The molecule has 4 saturated carbocycles. The van der Waals surface area contributed by atoms with E-state index in [-0.39, 0.29) is 18.5 Å². The number of likely N-dealkylation sites (tertiary alicyclic amines) is 1. The second-order valence-electron chi connectivity index (χ2n) is 8.95. The quantitative estimate of drug-likeness (QED) is 0.801. The summed E-state index contributed by atoms with van der Waals surface area (Å²) in [6.45, 7) is 4.57. The average Bonchev–Trinajstić information content (AvgIpc) is 2.46. The van der Waals surface area contributed by atoms with E-state index in [2.05, 4.69) is 4.90 Å². The van der Waals surface area contributed by atoms with Gasteiger partial charge in [-0.3, -0.25) is 0 Å². The predicted molar refractivity (Wildman–Crippen MR) is 95.0 cm³/mol. The molecule has 4 aliphatic carbocycles. The molecule has 0 spiro atoms. The van der Waals surface area contributed by atoms with Crippen molar-refractivity contribution in [2.45, 2.75) is 63.9 Å². The van der Waals surface area contributed by atoms with Crippen LogP contribution in [0.4, 0.5) is 0 Å². The van der Waals surface area contributed by atoms with E-state index in [0.29, 0.717) is 12.0 Å². The van der Waals surface area contributed by atoms with E-state index in [9.17, 15) is 5.11 Å². The molecule has 1 atom stereocenters. The summed E-state index contributed by atoms with van der Waals surface area (Å²) in [6.07, 6.45) is 12.3. The minimum Gasteiger partial charge on any atom is -0.389 e. The van der Waals surface area contributed by atoms with Crippen LogP contribution in [0, 0.1) is 23.2 Å². The van der Waals surface area contributed by atoms with Crippen molar-refractivity contribution in [3.8, 4) is 0 Å². The molecule has 0 aromatic rings. The van der Waals surface area contributed by atoms with Crippen molar-refractivity contribution in [3.63, 3.8) is 0 Å². The number of aliphatic hydroxyl groups excluding tert-OH is 1. The molecule has 5 rings (SSSR count). The fraction of sp³-hybridized carbons (Fsp3) is 1.00. The highest BCUT2D eigenvalue weighted by Gasteiger charge is 2.50. The SMILES string of the molecule is Cl.OC(COCC12CC3CC(CC(C3)C1)C2)CN1CCCCC1. The molecule has 0 amide bonds. The fourth-order valence-corrected chi connectivity index (χ4v) is 6.37. The van der Waals surface area contributed by atoms with Crippen LogP contribution in [0.2, 0.25) is 0 Å². The third-order valence-electron chi connectivity index (χ3n) is 6.80. The number of piperidine rings is 1. The number of hydrogen-bond acceptors (Lipinski definition) is 3. The molecule has 0 radical (unpaired) electrons. The second kappa shape index (κ2) is 7.59. The van der Waals surface area contributed by atoms with Gasteiger partial charge >= 0.3 is 0 Å². The molecular weight excluding hydrogens is 310 g/mol. The molecular formula is C19H34ClNO2. The summed E-state index contributed by atoms with van der Waals surface area (Å²) in [4.78, 5) is 2.41. The third kappa shape index (κ3) is 4.23. The summed E-state index contributed by atoms with van der Waals surface area (Å²) < 4.78 is 6.05. The predicted octanol–water partition coefficient (Wildman–Crippen LogP) is 3.49. The lowest BCUT2D eigenvalue weighted by Gasteiger charge is -2.56. The maximum Gasteiger partial charge on any atom is 0.0900 e. The van der Waals surface area contributed by atoms with Crippen LogP contribution < -0.4 is 0 Å². The Labute approximate surface area is 147 Å². The minimum atomic E-state index is -0.299. The van der Waals surface area contributed by atoms with Crippen molar-refractivity contribution < 1.29 is 9.84 Å². The van der Waals surface area contributed by atoms with Gasteiger partial charge in [-0.15, -0.1) is 12.4 Å². The van der Waals surface area contributed by atoms with Gasteiger partial charge in [-0.2, -0.15) is 0 Å². The van der Waals surface area contributed by atoms with Crippen molar-refractivity contribution >= 4 is 12.4 Å². The van der Waals surface area contributed by atoms with Crippen LogP contribution in [0.5, 0.6) is 0 Å². The molecule has 1 heterocycles. The first-order chi connectivity index (χ1) is 10.7. The van der Waals surface area contributed by atoms with Crippen LogP contribution in [0.15, 0.2) is 0 Å². The summed E-state index contributed by atoms with van der Waals surface area (Å²) in [5.74, 6) is 2.98. The fourth-order valence-electron chi connectivity index (χ4n) is 6.37. The molecule has 1 N–H and O–H groups in total. The van der Waals surface area contributed by atoms with Gasteiger partial charge in [-0.25, -0.2) is 0 Å². The molecule has 1 unspecified atom stereocenters. The Morgan fingerprint density at radius 1 is 0.957 bits per heavy atom. The van der Waals surface area contributed by atoms with Crippen molar-refractivity contribution in [1.29, 1.82) is 0 Å². The molecule has 5 fully saturated rings. The lowest BCUT2D eigenvalue weighted by atomic mass is 9.50. The largest absolute Gasteiger partial charge is 0.389 e. The first-order valence-electron chi connectivity index (χ1n) is 9.69. The van der Waals surface area contributed by atoms with Gasteiger partial charge in [0.25, 0.3) is 0 Å². The Morgan fingerprint density at radius 3 is 2.09 bits per heavy atom. The molecule has 1 aliphatic heterocycles. The van der Waals surface area contributed by atoms with E-state index in [1.807, 2.05) is 0 Å². The number of halogens is 1. The monoisotopic (exact) mass is 343 g/mol. The number of rotatable bonds is 6. The first-order valence-corrected chi connectivity index (χ1v) is 9.69. The molecule has 4 heteroatoms. The van der Waals surface area contributed by atoms with Gasteiger partial charge in [0, 0.05) is 6.54 Å². The highest BCUT2D eigenvalue weighted by Crippen LogP contribution is 2.60. The van der Waals surface area contributed by atoms with Gasteiger partial charge < -0.3 is 14.7 Å². The number of nitrogens with zero attached hydrogens (tertiary/aromatic N) is 1. The molecule has 1 saturated heterocycles. The van der Waals surface area contributed by atoms with Crippen molar-refractivity contribution in [2.75, 3.05) is 32.8 Å². The zero-order valence-electron chi connectivity index (χ0n) is 14.4. The van der Waals surface area contributed by atoms with Gasteiger partial charge in [-0.05, 0) is 87.6 Å². The smallest absolute Gasteiger partial charge is 0.0900 e. The van der Waals surface area contributed by atoms with Crippen LogP contribution in [0.1, 0.15) is 57.8 Å². The molecule has 5 aliphatic rings. The Bertz CT molecular complexity index is 348. The molecule has 134 valence electrons. The zero-order valence-corrected chi connectivity index (χ0v) is 15.2. The van der Waals surface area contributed by atoms with Gasteiger partial charge in [0.15, 0.2) is 0 Å². The molecule has 4 bridgehead atoms. The zero-order chi connectivity index (χ0) is 15.0. The Kier molecular flexibility index (Phi) is 5.94. The van der Waals surface area contributed by atoms with E-state index in [0.717, 1.165) is 44.0 Å². The van der Waals surface area contributed by atoms with Crippen molar-refractivity contribution in [3.05, 3.63) is 0 Å². The lowest BCUT2D eigenvalue weighted by Crippen LogP contribution is -2.48. The second-order valence-corrected chi connectivity index (χ2v) is 8.95.